The fourth-order valence-corrected chi connectivity index (χ4v) is 3.57. The van der Waals surface area contributed by atoms with Crippen molar-refractivity contribution in [3.63, 3.8) is 0 Å². The third-order valence-corrected chi connectivity index (χ3v) is 4.76. The largest absolute Gasteiger partial charge is 0.309 e. The van der Waals surface area contributed by atoms with Gasteiger partial charge in [0.2, 0.25) is 0 Å². The lowest BCUT2D eigenvalue weighted by Gasteiger charge is -2.17. The monoisotopic (exact) mass is 341 g/mol. The van der Waals surface area contributed by atoms with Crippen molar-refractivity contribution in [2.75, 3.05) is 6.54 Å². The van der Waals surface area contributed by atoms with Gasteiger partial charge in [0, 0.05) is 23.0 Å². The third-order valence-electron chi connectivity index (χ3n) is 3.08. The molecule has 0 radical (unpaired) electrons. The second-order valence-corrected chi connectivity index (χ2v) is 6.94. The van der Waals surface area contributed by atoms with Gasteiger partial charge >= 0.3 is 0 Å². The standard InChI is InChI=1S/C15H17BrFNS/c1-2-14(12-5-3-4-6-13(12)17)18-10-9-11-7-8-15(16)19-11/h3-8,14,18H,2,9-10H2,1H3. The van der Waals surface area contributed by atoms with E-state index in [1.807, 2.05) is 12.1 Å². The van der Waals surface area contributed by atoms with Crippen molar-refractivity contribution in [1.29, 1.82) is 0 Å². The van der Waals surface area contributed by atoms with Crippen molar-refractivity contribution < 1.29 is 4.39 Å². The Labute approximate surface area is 126 Å². The molecule has 2 rings (SSSR count). The summed E-state index contributed by atoms with van der Waals surface area (Å²) < 4.78 is 14.9. The van der Waals surface area contributed by atoms with Crippen molar-refractivity contribution in [2.45, 2.75) is 25.8 Å². The topological polar surface area (TPSA) is 12.0 Å². The maximum Gasteiger partial charge on any atom is 0.127 e. The molecule has 1 nitrogen and oxygen atoms in total. The van der Waals surface area contributed by atoms with Crippen molar-refractivity contribution in [2.24, 2.45) is 0 Å². The van der Waals surface area contributed by atoms with E-state index < -0.39 is 0 Å². The highest BCUT2D eigenvalue weighted by Crippen LogP contribution is 2.23. The van der Waals surface area contributed by atoms with E-state index in [0.29, 0.717) is 0 Å². The normalized spacial score (nSPS) is 12.6. The highest BCUT2D eigenvalue weighted by Gasteiger charge is 2.12. The highest BCUT2D eigenvalue weighted by molar-refractivity contribution is 9.11. The van der Waals surface area contributed by atoms with Crippen LogP contribution in [0.15, 0.2) is 40.2 Å². The van der Waals surface area contributed by atoms with Gasteiger partial charge in [0.15, 0.2) is 0 Å². The van der Waals surface area contributed by atoms with Gasteiger partial charge in [0.25, 0.3) is 0 Å². The molecule has 0 spiro atoms. The number of hydrogen-bond donors (Lipinski definition) is 1. The molecule has 0 bridgehead atoms. The number of thiophene rings is 1. The van der Waals surface area contributed by atoms with Gasteiger partial charge in [-0.2, -0.15) is 0 Å². The zero-order chi connectivity index (χ0) is 13.7. The van der Waals surface area contributed by atoms with Gasteiger partial charge in [-0.15, -0.1) is 11.3 Å². The molecule has 4 heteroatoms. The Kier molecular flexibility index (Phi) is 5.55. The third kappa shape index (κ3) is 4.13. The average Bonchev–Trinajstić information content (AvgIpc) is 2.82. The molecule has 0 aliphatic heterocycles. The first-order chi connectivity index (χ1) is 9.20. The smallest absolute Gasteiger partial charge is 0.127 e. The number of halogens is 2. The van der Waals surface area contributed by atoms with Crippen LogP contribution in [0.25, 0.3) is 0 Å². The lowest BCUT2D eigenvalue weighted by Crippen LogP contribution is -2.23. The summed E-state index contributed by atoms with van der Waals surface area (Å²) in [5, 5.41) is 3.44. The molecule has 1 aromatic carbocycles. The van der Waals surface area contributed by atoms with Crippen LogP contribution in [0, 0.1) is 5.82 Å². The fraction of sp³-hybridized carbons (Fsp3) is 0.333. The van der Waals surface area contributed by atoms with E-state index in [1.165, 1.54) is 10.9 Å². The van der Waals surface area contributed by atoms with Crippen molar-refractivity contribution in [1.82, 2.24) is 5.32 Å². The second-order valence-electron chi connectivity index (χ2n) is 4.39. The quantitative estimate of drug-likeness (QED) is 0.785. The summed E-state index contributed by atoms with van der Waals surface area (Å²) in [5.41, 5.74) is 0.761. The zero-order valence-electron chi connectivity index (χ0n) is 10.8. The van der Waals surface area contributed by atoms with Gasteiger partial charge in [0.1, 0.15) is 5.82 Å². The molecule has 0 aliphatic carbocycles. The Hall–Kier alpha value is -0.710. The first kappa shape index (κ1) is 14.7. The minimum Gasteiger partial charge on any atom is -0.309 e. The molecule has 1 N–H and O–H groups in total. The number of hydrogen-bond acceptors (Lipinski definition) is 2. The van der Waals surface area contributed by atoms with Crippen molar-refractivity contribution in [3.8, 4) is 0 Å². The van der Waals surface area contributed by atoms with Gasteiger partial charge in [-0.05, 0) is 47.0 Å². The van der Waals surface area contributed by atoms with Crippen LogP contribution in [0.5, 0.6) is 0 Å². The van der Waals surface area contributed by atoms with Crippen LogP contribution >= 0.6 is 27.3 Å². The summed E-state index contributed by atoms with van der Waals surface area (Å²) >= 11 is 5.21. The van der Waals surface area contributed by atoms with E-state index in [4.69, 9.17) is 0 Å². The molecule has 0 saturated heterocycles. The summed E-state index contributed by atoms with van der Waals surface area (Å²) in [7, 11) is 0. The van der Waals surface area contributed by atoms with Crippen LogP contribution in [0.2, 0.25) is 0 Å². The van der Waals surface area contributed by atoms with E-state index in [-0.39, 0.29) is 11.9 Å². The Morgan fingerprint density at radius 1 is 1.26 bits per heavy atom. The molecule has 102 valence electrons. The molecular formula is C15H17BrFNS. The van der Waals surface area contributed by atoms with Crippen LogP contribution in [-0.4, -0.2) is 6.54 Å². The predicted octanol–water partition coefficient (Wildman–Crippen LogP) is 4.93. The molecule has 1 heterocycles. The maximum absolute atomic E-state index is 13.7. The molecule has 0 fully saturated rings. The SMILES string of the molecule is CCC(NCCc1ccc(Br)s1)c1ccccc1F. The first-order valence-corrected chi connectivity index (χ1v) is 8.03. The van der Waals surface area contributed by atoms with Crippen molar-refractivity contribution in [3.05, 3.63) is 56.4 Å². The van der Waals surface area contributed by atoms with Gasteiger partial charge in [0.05, 0.1) is 3.79 Å². The minimum atomic E-state index is -0.124. The van der Waals surface area contributed by atoms with Crippen LogP contribution in [0.3, 0.4) is 0 Å². The average molecular weight is 342 g/mol. The van der Waals surface area contributed by atoms with E-state index >= 15 is 0 Å². The molecule has 1 aromatic heterocycles. The van der Waals surface area contributed by atoms with Gasteiger partial charge < -0.3 is 5.32 Å². The Morgan fingerprint density at radius 3 is 2.68 bits per heavy atom. The number of nitrogens with one attached hydrogen (secondary N) is 1. The van der Waals surface area contributed by atoms with Crippen LogP contribution < -0.4 is 5.32 Å². The van der Waals surface area contributed by atoms with E-state index in [2.05, 4.69) is 40.3 Å². The minimum absolute atomic E-state index is 0.0876. The zero-order valence-corrected chi connectivity index (χ0v) is 13.2. The maximum atomic E-state index is 13.7. The summed E-state index contributed by atoms with van der Waals surface area (Å²) in [6.07, 6.45) is 1.86. The lowest BCUT2D eigenvalue weighted by molar-refractivity contribution is 0.492. The van der Waals surface area contributed by atoms with Crippen LogP contribution in [0.1, 0.15) is 29.8 Å². The lowest BCUT2D eigenvalue weighted by atomic mass is 10.0. The molecule has 1 atom stereocenters. The first-order valence-electron chi connectivity index (χ1n) is 6.42. The van der Waals surface area contributed by atoms with E-state index in [9.17, 15) is 4.39 Å². The number of benzene rings is 1. The fourth-order valence-electron chi connectivity index (χ4n) is 2.09. The van der Waals surface area contributed by atoms with Crippen molar-refractivity contribution >= 4 is 27.3 Å². The predicted molar refractivity (Wildman–Crippen MR) is 83.2 cm³/mol. The summed E-state index contributed by atoms with van der Waals surface area (Å²) in [6.45, 7) is 2.94. The van der Waals surface area contributed by atoms with Gasteiger partial charge in [-0.3, -0.25) is 0 Å². The van der Waals surface area contributed by atoms with Gasteiger partial charge in [-0.25, -0.2) is 4.39 Å². The molecule has 0 aliphatic rings. The van der Waals surface area contributed by atoms with E-state index in [0.717, 1.165) is 28.7 Å². The highest BCUT2D eigenvalue weighted by atomic mass is 79.9. The molecule has 19 heavy (non-hydrogen) atoms. The summed E-state index contributed by atoms with van der Waals surface area (Å²) in [4.78, 5) is 1.34. The summed E-state index contributed by atoms with van der Waals surface area (Å²) in [5.74, 6) is -0.124. The Balaban J connectivity index is 1.91. The molecule has 0 saturated carbocycles. The van der Waals surface area contributed by atoms with Gasteiger partial charge in [-0.1, -0.05) is 25.1 Å². The second kappa shape index (κ2) is 7.17. The Morgan fingerprint density at radius 2 is 2.05 bits per heavy atom. The van der Waals surface area contributed by atoms with Crippen LogP contribution in [-0.2, 0) is 6.42 Å². The summed E-state index contributed by atoms with van der Waals surface area (Å²) in [6, 6.07) is 11.3. The molecule has 0 amide bonds. The molecular weight excluding hydrogens is 325 g/mol. The number of rotatable bonds is 6. The molecule has 1 unspecified atom stereocenters. The Bertz CT molecular complexity index is 526. The molecule has 2 aromatic rings. The van der Waals surface area contributed by atoms with E-state index in [1.54, 1.807) is 17.4 Å². The van der Waals surface area contributed by atoms with Crippen LogP contribution in [0.4, 0.5) is 4.39 Å².